The van der Waals surface area contributed by atoms with E-state index < -0.39 is 17.4 Å². The molecule has 5 heterocycles. The number of nitrogens with one attached hydrogen (secondary N) is 1. The van der Waals surface area contributed by atoms with Gasteiger partial charge in [0.25, 0.3) is 0 Å². The van der Waals surface area contributed by atoms with E-state index in [1.807, 2.05) is 38.7 Å². The molecule has 1 unspecified atom stereocenters. The van der Waals surface area contributed by atoms with Crippen LogP contribution in [0.3, 0.4) is 0 Å². The molecule has 0 aliphatic carbocycles. The van der Waals surface area contributed by atoms with Crippen molar-refractivity contribution in [2.45, 2.75) is 91.3 Å². The van der Waals surface area contributed by atoms with Gasteiger partial charge in [0.2, 0.25) is 0 Å². The summed E-state index contributed by atoms with van der Waals surface area (Å²) in [6.45, 7) is 13.7. The van der Waals surface area contributed by atoms with Crippen molar-refractivity contribution in [1.82, 2.24) is 19.3 Å². The Morgan fingerprint density at radius 2 is 1.82 bits per heavy atom. The molecule has 2 aliphatic rings. The van der Waals surface area contributed by atoms with Crippen molar-refractivity contribution < 1.29 is 18.7 Å². The minimum Gasteiger partial charge on any atom is -0.444 e. The Hall–Kier alpha value is -3.69. The van der Waals surface area contributed by atoms with Gasteiger partial charge in [0.05, 0.1) is 11.4 Å². The monoisotopic (exact) mass is 536 g/mol. The van der Waals surface area contributed by atoms with Gasteiger partial charge in [-0.25, -0.2) is 23.9 Å². The van der Waals surface area contributed by atoms with Crippen molar-refractivity contribution in [2.24, 2.45) is 0 Å². The van der Waals surface area contributed by atoms with E-state index in [1.165, 1.54) is 0 Å². The van der Waals surface area contributed by atoms with Gasteiger partial charge < -0.3 is 19.4 Å². The number of imidazole rings is 1. The third-order valence-corrected chi connectivity index (χ3v) is 7.66. The first-order chi connectivity index (χ1) is 18.3. The van der Waals surface area contributed by atoms with Crippen LogP contribution in [0, 0.1) is 19.7 Å². The molecule has 2 aliphatic heterocycles. The minimum atomic E-state index is -0.547. The zero-order chi connectivity index (χ0) is 28.2. The normalized spacial score (nSPS) is 21.3. The third-order valence-electron chi connectivity index (χ3n) is 7.66. The van der Waals surface area contributed by atoms with E-state index in [-0.39, 0.29) is 29.8 Å². The molecule has 3 amide bonds. The fourth-order valence-corrected chi connectivity index (χ4v) is 6.06. The van der Waals surface area contributed by atoms with Crippen LogP contribution in [0.1, 0.15) is 75.8 Å². The highest BCUT2D eigenvalue weighted by Gasteiger charge is 2.39. The predicted molar refractivity (Wildman–Crippen MR) is 148 cm³/mol. The van der Waals surface area contributed by atoms with E-state index >= 15 is 4.39 Å². The Kier molecular flexibility index (Phi) is 6.76. The molecule has 1 saturated heterocycles. The molecule has 39 heavy (non-hydrogen) atoms. The van der Waals surface area contributed by atoms with Gasteiger partial charge in [-0.2, -0.15) is 0 Å². The first-order valence-corrected chi connectivity index (χ1v) is 13.6. The number of nitrogens with zero attached hydrogens (tertiary/aromatic N) is 5. The smallest absolute Gasteiger partial charge is 0.410 e. The summed E-state index contributed by atoms with van der Waals surface area (Å²) in [6.07, 6.45) is 7.06. The number of pyridine rings is 2. The van der Waals surface area contributed by atoms with E-state index in [9.17, 15) is 9.59 Å². The maximum atomic E-state index is 15.1. The van der Waals surface area contributed by atoms with E-state index in [2.05, 4.69) is 29.1 Å². The van der Waals surface area contributed by atoms with Gasteiger partial charge in [-0.15, -0.1) is 0 Å². The summed E-state index contributed by atoms with van der Waals surface area (Å²) in [5, 5.41) is 2.75. The lowest BCUT2D eigenvalue weighted by atomic mass is 9.81. The number of ether oxygens (including phenoxy) is 1. The van der Waals surface area contributed by atoms with Crippen molar-refractivity contribution in [3.63, 3.8) is 0 Å². The van der Waals surface area contributed by atoms with Crippen LogP contribution in [0.2, 0.25) is 0 Å². The number of halogens is 1. The second kappa shape index (κ2) is 9.81. The number of hydrogen-bond donors (Lipinski definition) is 1. The molecule has 3 aromatic rings. The quantitative estimate of drug-likeness (QED) is 0.436. The van der Waals surface area contributed by atoms with Gasteiger partial charge in [-0.3, -0.25) is 4.90 Å². The van der Waals surface area contributed by atoms with Gasteiger partial charge >= 0.3 is 12.1 Å². The summed E-state index contributed by atoms with van der Waals surface area (Å²) in [4.78, 5) is 38.5. The number of amides is 3. The molecule has 1 N–H and O–H groups in total. The maximum absolute atomic E-state index is 15.1. The average molecular weight is 537 g/mol. The molecule has 0 bridgehead atoms. The number of likely N-dealkylation sites (tertiary alicyclic amines) is 1. The Labute approximate surface area is 228 Å². The molecular formula is C29H37FN6O3. The highest BCUT2D eigenvalue weighted by molar-refractivity contribution is 6.02. The number of hydrogen-bond acceptors (Lipinski definition) is 5. The Bertz CT molecular complexity index is 1430. The van der Waals surface area contributed by atoms with Gasteiger partial charge in [0.15, 0.2) is 5.82 Å². The molecule has 10 heteroatoms. The van der Waals surface area contributed by atoms with Crippen LogP contribution >= 0.6 is 0 Å². The van der Waals surface area contributed by atoms with Crippen LogP contribution in [0.5, 0.6) is 0 Å². The number of rotatable bonds is 2. The average Bonchev–Trinajstić information content (AvgIpc) is 3.43. The van der Waals surface area contributed by atoms with E-state index in [0.29, 0.717) is 30.0 Å². The van der Waals surface area contributed by atoms with Crippen LogP contribution in [0.15, 0.2) is 24.7 Å². The molecular weight excluding hydrogens is 499 g/mol. The molecule has 0 saturated carbocycles. The fourth-order valence-electron chi connectivity index (χ4n) is 6.06. The molecule has 0 spiro atoms. The summed E-state index contributed by atoms with van der Waals surface area (Å²) in [5.74, 6) is 0.333. The third kappa shape index (κ3) is 5.04. The number of fused-ring (bicyclic) bond motifs is 2. The lowest BCUT2D eigenvalue weighted by Crippen LogP contribution is -2.51. The SMILES string of the molecule is Cc1cn2cc(NC(=O)N3CCc4c(C5C[C@@H](C)N(C(=O)OC(C)(C)C)[C@@H](C)C5)ccnc43)c(F)c(C)c2n1. The highest BCUT2D eigenvalue weighted by atomic mass is 19.1. The van der Waals surface area contributed by atoms with Crippen LogP contribution in [-0.2, 0) is 11.2 Å². The number of piperidine rings is 1. The Morgan fingerprint density at radius 1 is 1.13 bits per heavy atom. The second-order valence-corrected chi connectivity index (χ2v) is 11.9. The number of urea groups is 1. The molecule has 1 fully saturated rings. The van der Waals surface area contributed by atoms with Crippen molar-refractivity contribution >= 4 is 29.3 Å². The first-order valence-electron chi connectivity index (χ1n) is 13.6. The second-order valence-electron chi connectivity index (χ2n) is 11.9. The zero-order valence-electron chi connectivity index (χ0n) is 23.7. The summed E-state index contributed by atoms with van der Waals surface area (Å²) < 4.78 is 22.5. The summed E-state index contributed by atoms with van der Waals surface area (Å²) in [5.41, 5.74) is 3.44. The highest BCUT2D eigenvalue weighted by Crippen LogP contribution is 2.41. The topological polar surface area (TPSA) is 92.1 Å². The van der Waals surface area contributed by atoms with Gasteiger partial charge in [-0.05, 0) is 85.3 Å². The number of aromatic nitrogens is 3. The first kappa shape index (κ1) is 26.9. The lowest BCUT2D eigenvalue weighted by Gasteiger charge is -2.43. The molecule has 9 nitrogen and oxygen atoms in total. The Morgan fingerprint density at radius 3 is 2.49 bits per heavy atom. The molecule has 5 rings (SSSR count). The lowest BCUT2D eigenvalue weighted by molar-refractivity contribution is -0.00258. The number of anilines is 2. The fraction of sp³-hybridized carbons (Fsp3) is 0.517. The van der Waals surface area contributed by atoms with Crippen molar-refractivity contribution in [3.8, 4) is 0 Å². The van der Waals surface area contributed by atoms with Crippen molar-refractivity contribution in [2.75, 3.05) is 16.8 Å². The standard InChI is InChI=1S/C29H37FN6O3/c1-16-14-34-15-23(24(30)19(4)25(34)32-16)33-27(37)35-11-9-22-21(8-10-31-26(22)35)20-12-17(2)36(18(3)13-20)28(38)39-29(5,6)7/h8,10,14-15,17-18,20H,9,11-13H2,1-7H3,(H,33,37)/t17-,18+,20?. The van der Waals surface area contributed by atoms with E-state index in [4.69, 9.17) is 4.74 Å². The number of carbonyl (C=O) groups is 2. The van der Waals surface area contributed by atoms with Gasteiger partial charge in [-0.1, -0.05) is 0 Å². The molecule has 3 atom stereocenters. The molecule has 3 aromatic heterocycles. The van der Waals surface area contributed by atoms with Crippen LogP contribution in [-0.4, -0.2) is 55.6 Å². The summed E-state index contributed by atoms with van der Waals surface area (Å²) in [6, 6.07) is 1.62. The van der Waals surface area contributed by atoms with E-state index in [0.717, 1.165) is 29.7 Å². The van der Waals surface area contributed by atoms with Crippen LogP contribution in [0.25, 0.3) is 5.65 Å². The summed E-state index contributed by atoms with van der Waals surface area (Å²) in [7, 11) is 0. The maximum Gasteiger partial charge on any atom is 0.410 e. The predicted octanol–water partition coefficient (Wildman–Crippen LogP) is 5.97. The zero-order valence-corrected chi connectivity index (χ0v) is 23.7. The van der Waals surface area contributed by atoms with Gasteiger partial charge in [0.1, 0.15) is 17.1 Å². The molecule has 0 aromatic carbocycles. The minimum absolute atomic E-state index is 0.00571. The Balaban J connectivity index is 1.35. The van der Waals surface area contributed by atoms with Crippen LogP contribution < -0.4 is 10.2 Å². The number of carbonyl (C=O) groups excluding carboxylic acids is 2. The number of aryl methyl sites for hydroxylation is 2. The van der Waals surface area contributed by atoms with Crippen LogP contribution in [0.4, 0.5) is 25.5 Å². The van der Waals surface area contributed by atoms with Crippen molar-refractivity contribution in [3.05, 3.63) is 52.9 Å². The van der Waals surface area contributed by atoms with Gasteiger partial charge in [0, 0.05) is 48.3 Å². The molecule has 0 radical (unpaired) electrons. The summed E-state index contributed by atoms with van der Waals surface area (Å²) >= 11 is 0. The largest absolute Gasteiger partial charge is 0.444 e. The van der Waals surface area contributed by atoms with E-state index in [1.54, 1.807) is 34.8 Å². The van der Waals surface area contributed by atoms with Crippen molar-refractivity contribution in [1.29, 1.82) is 0 Å². The molecule has 208 valence electrons.